The standard InChI is InChI=1S/C38H42F4N8O4/c39-25-15-44-35(45-16-25)49-7-5-26(6-8-49)54-31-14-27-29(22-3-1-2-4-22)19-50(30(27)18-43-31)36-46-17-28(32(47-36)38(40,41)42)33(51)48-37(34(52)53)23-10-20-9-21(12-23)13-24(37)11-20/h14-18,20-24,26,29H,1-13,19H2,(H,48,51)(H,52,53). The molecule has 2 aliphatic heterocycles. The van der Waals surface area contributed by atoms with Gasteiger partial charge in [-0.25, -0.2) is 34.1 Å². The molecule has 12 nitrogen and oxygen atoms in total. The molecule has 0 aromatic carbocycles. The lowest BCUT2D eigenvalue weighted by molar-refractivity contribution is -0.163. The largest absolute Gasteiger partial charge is 0.479 e. The lowest BCUT2D eigenvalue weighted by Gasteiger charge is -2.59. The minimum Gasteiger partial charge on any atom is -0.479 e. The molecule has 5 heterocycles. The second-order valence-corrected chi connectivity index (χ2v) is 16.2. The lowest BCUT2D eigenvalue weighted by atomic mass is 9.48. The van der Waals surface area contributed by atoms with Gasteiger partial charge < -0.3 is 25.0 Å². The number of nitrogens with zero attached hydrogens (tertiary/aromatic N) is 7. The zero-order valence-corrected chi connectivity index (χ0v) is 29.6. The third-order valence-electron chi connectivity index (χ3n) is 13.2. The molecule has 1 amide bonds. The summed E-state index contributed by atoms with van der Waals surface area (Å²) in [5.74, 6) is -1.70. The maximum Gasteiger partial charge on any atom is 0.434 e. The second kappa shape index (κ2) is 13.3. The fraction of sp³-hybridized carbons (Fsp3) is 0.605. The Hall–Kier alpha value is -4.63. The number of hydrogen-bond donors (Lipinski definition) is 2. The van der Waals surface area contributed by atoms with Crippen LogP contribution in [0.15, 0.2) is 30.9 Å². The number of fused-ring (bicyclic) bond motifs is 1. The predicted octanol–water partition coefficient (Wildman–Crippen LogP) is 6.30. The lowest BCUT2D eigenvalue weighted by Crippen LogP contribution is -2.70. The number of nitrogens with one attached hydrogen (secondary N) is 1. The second-order valence-electron chi connectivity index (χ2n) is 16.2. The summed E-state index contributed by atoms with van der Waals surface area (Å²) in [4.78, 5) is 51.3. The number of aromatic nitrogens is 5. The van der Waals surface area contributed by atoms with Crippen LogP contribution in [0.25, 0.3) is 0 Å². The van der Waals surface area contributed by atoms with Gasteiger partial charge >= 0.3 is 12.1 Å². The zero-order chi connectivity index (χ0) is 37.4. The van der Waals surface area contributed by atoms with Gasteiger partial charge in [0.2, 0.25) is 17.8 Å². The van der Waals surface area contributed by atoms with Gasteiger partial charge in [-0.15, -0.1) is 0 Å². The van der Waals surface area contributed by atoms with Crippen LogP contribution in [0.1, 0.15) is 98.2 Å². The number of halogens is 4. The van der Waals surface area contributed by atoms with Crippen LogP contribution in [0.2, 0.25) is 0 Å². The van der Waals surface area contributed by atoms with Crippen LogP contribution >= 0.6 is 0 Å². The number of amides is 1. The Bertz CT molecular complexity index is 1900. The van der Waals surface area contributed by atoms with Crippen molar-refractivity contribution in [1.29, 1.82) is 0 Å². The highest BCUT2D eigenvalue weighted by Crippen LogP contribution is 2.58. The number of carbonyl (C=O) groups excluding carboxylic acids is 1. The predicted molar refractivity (Wildman–Crippen MR) is 186 cm³/mol. The molecule has 0 radical (unpaired) electrons. The van der Waals surface area contributed by atoms with E-state index in [2.05, 4.69) is 30.2 Å². The van der Waals surface area contributed by atoms with Crippen molar-refractivity contribution in [2.75, 3.05) is 29.4 Å². The van der Waals surface area contributed by atoms with Gasteiger partial charge in [-0.3, -0.25) is 4.79 Å². The van der Waals surface area contributed by atoms with Crippen molar-refractivity contribution in [3.63, 3.8) is 0 Å². The summed E-state index contributed by atoms with van der Waals surface area (Å²) < 4.78 is 63.9. The molecule has 4 bridgehead atoms. The van der Waals surface area contributed by atoms with E-state index in [1.807, 2.05) is 11.0 Å². The van der Waals surface area contributed by atoms with Crippen LogP contribution in [0.3, 0.4) is 0 Å². The van der Waals surface area contributed by atoms with Gasteiger partial charge in [-0.1, -0.05) is 12.8 Å². The molecule has 286 valence electrons. The quantitative estimate of drug-likeness (QED) is 0.250. The number of ether oxygens (including phenoxy) is 1. The van der Waals surface area contributed by atoms with Crippen LogP contribution < -0.4 is 19.9 Å². The first kappa shape index (κ1) is 35.1. The highest BCUT2D eigenvalue weighted by Gasteiger charge is 2.62. The summed E-state index contributed by atoms with van der Waals surface area (Å²) in [6.45, 7) is 1.58. The Morgan fingerprint density at radius 1 is 0.870 bits per heavy atom. The van der Waals surface area contributed by atoms with E-state index in [0.717, 1.165) is 56.3 Å². The normalized spacial score (nSPS) is 29.4. The van der Waals surface area contributed by atoms with Gasteiger partial charge in [0, 0.05) is 50.7 Å². The number of rotatable bonds is 8. The van der Waals surface area contributed by atoms with Crippen molar-refractivity contribution < 1.29 is 37.0 Å². The molecule has 5 aliphatic carbocycles. The molecule has 7 aliphatic rings. The number of anilines is 3. The van der Waals surface area contributed by atoms with Crippen molar-refractivity contribution in [2.24, 2.45) is 29.6 Å². The molecule has 16 heteroatoms. The summed E-state index contributed by atoms with van der Waals surface area (Å²) in [5.41, 5.74) is -2.30. The first-order chi connectivity index (χ1) is 26.0. The van der Waals surface area contributed by atoms with E-state index in [0.29, 0.717) is 93.4 Å². The van der Waals surface area contributed by atoms with Gasteiger partial charge in [0.25, 0.3) is 5.91 Å². The maximum absolute atomic E-state index is 14.8. The molecule has 10 rings (SSSR count). The van der Waals surface area contributed by atoms with E-state index in [1.165, 1.54) is 0 Å². The minimum atomic E-state index is -5.01. The Labute approximate surface area is 309 Å². The van der Waals surface area contributed by atoms with Gasteiger partial charge in [-0.2, -0.15) is 13.2 Å². The van der Waals surface area contributed by atoms with Crippen molar-refractivity contribution in [3.8, 4) is 5.88 Å². The topological polar surface area (TPSA) is 147 Å². The molecule has 3 aromatic rings. The molecule has 6 fully saturated rings. The van der Waals surface area contributed by atoms with Crippen molar-refractivity contribution in [3.05, 3.63) is 53.5 Å². The van der Waals surface area contributed by atoms with Crippen LogP contribution in [-0.2, 0) is 11.0 Å². The molecular weight excluding hydrogens is 708 g/mol. The number of alkyl halides is 3. The molecular formula is C38H42F4N8O4. The first-order valence-corrected chi connectivity index (χ1v) is 19.1. The number of carbonyl (C=O) groups is 2. The maximum atomic E-state index is 14.8. The number of pyridine rings is 1. The summed E-state index contributed by atoms with van der Waals surface area (Å²) in [7, 11) is 0. The smallest absolute Gasteiger partial charge is 0.434 e. The molecule has 3 aromatic heterocycles. The Balaban J connectivity index is 0.971. The summed E-state index contributed by atoms with van der Waals surface area (Å²) >= 11 is 0. The highest BCUT2D eigenvalue weighted by molar-refractivity contribution is 5.99. The number of carboxylic acids is 1. The molecule has 54 heavy (non-hydrogen) atoms. The van der Waals surface area contributed by atoms with E-state index in [-0.39, 0.29) is 29.8 Å². The molecule has 1 unspecified atom stereocenters. The van der Waals surface area contributed by atoms with Gasteiger partial charge in [0.15, 0.2) is 11.5 Å². The molecule has 1 atom stereocenters. The zero-order valence-electron chi connectivity index (χ0n) is 29.6. The third-order valence-corrected chi connectivity index (χ3v) is 13.2. The van der Waals surface area contributed by atoms with Gasteiger partial charge in [0.05, 0.1) is 29.8 Å². The van der Waals surface area contributed by atoms with Crippen LogP contribution in [-0.4, -0.2) is 73.2 Å². The van der Waals surface area contributed by atoms with E-state index in [1.54, 1.807) is 11.1 Å². The summed E-state index contributed by atoms with van der Waals surface area (Å²) in [6, 6.07) is 1.89. The van der Waals surface area contributed by atoms with Crippen LogP contribution in [0, 0.1) is 35.4 Å². The minimum absolute atomic E-state index is 0.0152. The fourth-order valence-corrected chi connectivity index (χ4v) is 10.9. The number of aliphatic carboxylic acids is 1. The van der Waals surface area contributed by atoms with Crippen molar-refractivity contribution >= 4 is 29.5 Å². The molecule has 2 N–H and O–H groups in total. The van der Waals surface area contributed by atoms with Crippen LogP contribution in [0.4, 0.5) is 35.1 Å². The third kappa shape index (κ3) is 6.09. The van der Waals surface area contributed by atoms with E-state index in [4.69, 9.17) is 4.74 Å². The van der Waals surface area contributed by atoms with Crippen molar-refractivity contribution in [1.82, 2.24) is 30.2 Å². The molecule has 1 saturated heterocycles. The average molecular weight is 751 g/mol. The van der Waals surface area contributed by atoms with Crippen molar-refractivity contribution in [2.45, 2.75) is 94.4 Å². The summed E-state index contributed by atoms with van der Waals surface area (Å²) in [6.07, 6.45) is 8.71. The first-order valence-electron chi connectivity index (χ1n) is 19.1. The highest BCUT2D eigenvalue weighted by atomic mass is 19.4. The Morgan fingerprint density at radius 3 is 2.15 bits per heavy atom. The number of carboxylic acid groups (broad SMARTS) is 1. The van der Waals surface area contributed by atoms with Gasteiger partial charge in [0.1, 0.15) is 11.6 Å². The molecule has 5 saturated carbocycles. The van der Waals surface area contributed by atoms with E-state index >= 15 is 0 Å². The fourth-order valence-electron chi connectivity index (χ4n) is 10.9. The number of hydrogen-bond acceptors (Lipinski definition) is 10. The number of piperidine rings is 1. The Kier molecular flexibility index (Phi) is 8.64. The SMILES string of the molecule is O=C(NC1(C(=O)O)C2CC3CC(C2)CC1C3)c1cnc(N2CC(C3CCCC3)c3cc(OC4CCN(c5ncc(F)cn5)CC4)ncc32)nc1C(F)(F)F. The molecule has 0 spiro atoms. The Morgan fingerprint density at radius 2 is 1.52 bits per heavy atom. The monoisotopic (exact) mass is 750 g/mol. The summed E-state index contributed by atoms with van der Waals surface area (Å²) in [5, 5.41) is 13.1. The van der Waals surface area contributed by atoms with Crippen LogP contribution in [0.5, 0.6) is 5.88 Å². The average Bonchev–Trinajstić information content (AvgIpc) is 3.81. The van der Waals surface area contributed by atoms with E-state index in [9.17, 15) is 32.3 Å². The van der Waals surface area contributed by atoms with Gasteiger partial charge in [-0.05, 0) is 80.1 Å². The van der Waals surface area contributed by atoms with E-state index < -0.39 is 40.7 Å².